The number of benzene rings is 6. The molecule has 12 rings (SSSR count). The predicted molar refractivity (Wildman–Crippen MR) is 334 cm³/mol. The van der Waals surface area contributed by atoms with Crippen LogP contribution in [0.3, 0.4) is 0 Å². The van der Waals surface area contributed by atoms with Gasteiger partial charge < -0.3 is 15.0 Å². The second-order valence-electron chi connectivity index (χ2n) is 20.9. The molecule has 0 fully saturated rings. The van der Waals surface area contributed by atoms with Crippen molar-refractivity contribution in [1.29, 1.82) is 0 Å². The van der Waals surface area contributed by atoms with Gasteiger partial charge in [-0.3, -0.25) is 4.79 Å². The van der Waals surface area contributed by atoms with E-state index in [2.05, 4.69) is 226 Å². The first kappa shape index (κ1) is 53.3. The van der Waals surface area contributed by atoms with Gasteiger partial charge in [0.1, 0.15) is 6.29 Å². The Kier molecular flexibility index (Phi) is 16.8. The summed E-state index contributed by atoms with van der Waals surface area (Å²) in [5, 5.41) is 0. The number of rotatable bonds is 12. The van der Waals surface area contributed by atoms with Gasteiger partial charge in [0.15, 0.2) is 0 Å². The van der Waals surface area contributed by atoms with E-state index in [0.717, 1.165) is 127 Å². The molecule has 6 heterocycles. The number of nitrogens with zero attached hydrogens (tertiary/aromatic N) is 2. The van der Waals surface area contributed by atoms with E-state index in [1.165, 1.54) is 57.3 Å². The molecule has 79 heavy (non-hydrogen) atoms. The summed E-state index contributed by atoms with van der Waals surface area (Å²) in [4.78, 5) is 32.3. The monoisotopic (exact) mass is 1030 g/mol. The topological polar surface area (TPSA) is 90.2 Å². The molecule has 6 aromatic carbocycles. The minimum Gasteiger partial charge on any atom is -0.368 e. The van der Waals surface area contributed by atoms with Gasteiger partial charge in [-0.05, 0) is 165 Å². The Labute approximate surface area is 465 Å². The van der Waals surface area contributed by atoms with Crippen molar-refractivity contribution < 1.29 is 4.79 Å². The number of fused-ring (bicyclic) bond motifs is 8. The van der Waals surface area contributed by atoms with Crippen LogP contribution in [0.25, 0.3) is 90.9 Å². The van der Waals surface area contributed by atoms with Crippen molar-refractivity contribution >= 4 is 52.7 Å². The molecule has 6 nitrogen and oxygen atoms in total. The third kappa shape index (κ3) is 12.8. The lowest BCUT2D eigenvalue weighted by Crippen LogP contribution is -1.97. The van der Waals surface area contributed by atoms with Crippen LogP contribution in [0, 0.1) is 27.7 Å². The first-order chi connectivity index (χ1) is 38.6. The molecule has 6 heteroatoms. The van der Waals surface area contributed by atoms with Crippen LogP contribution in [0.4, 0.5) is 0 Å². The van der Waals surface area contributed by atoms with E-state index in [1.807, 2.05) is 42.7 Å². The second kappa shape index (κ2) is 24.9. The zero-order valence-corrected chi connectivity index (χ0v) is 46.3. The predicted octanol–water partition coefficient (Wildman–Crippen LogP) is 18.8. The fourth-order valence-corrected chi connectivity index (χ4v) is 10.9. The Morgan fingerprint density at radius 2 is 0.709 bits per heavy atom. The van der Waals surface area contributed by atoms with Crippen LogP contribution < -0.4 is 0 Å². The number of aldehydes is 1. The molecule has 0 saturated carbocycles. The van der Waals surface area contributed by atoms with Gasteiger partial charge in [-0.2, -0.15) is 0 Å². The molecule has 3 N–H and O–H groups in total. The zero-order valence-electron chi connectivity index (χ0n) is 46.3. The van der Waals surface area contributed by atoms with Gasteiger partial charge in [0.2, 0.25) is 0 Å². The standard InChI is InChI=1S/C48H38N4.C21H26O.C4H5N/c1-29-9-5-13-33(25-29)45-37-17-19-39(49-37)46(34-14-6-10-30(2)26-34)41-21-23-43(51-41)48(36-16-8-12-32(4)28-36)44-24-22-42(52-44)47(40-20-18-38(45)50-40)35-15-7-11-31(3)27-35;1-3-6-18-13-19(7-4-2)15-20(14-18)11-10-17-8-5-9-21(12-17)16-22;1-2-4-5-3-1/h5-28,49,52H,1-4H3;5,8-9,12-16H,3-4,6-7,10-11H2,1-2H3;1-5H. The lowest BCUT2D eigenvalue weighted by atomic mass is 9.96. The highest BCUT2D eigenvalue weighted by Crippen LogP contribution is 2.39. The SMILES string of the molecule is CCCc1cc(CCC)cc(CCc2cccc(C=O)c2)c1.Cc1cccc(-c2c3nc(c(-c4cccc(C)c4)c4ccc([nH]4)c(-c4cccc(C)c4)c4nc(c(-c5cccc(C)c5)c5ccc2[nH]5)C=C4)C=C3)c1.c1cc[nH]c1. The first-order valence-corrected chi connectivity index (χ1v) is 27.8. The fraction of sp³-hybridized carbons (Fsp3) is 0.164. The largest absolute Gasteiger partial charge is 0.368 e. The molecule has 392 valence electrons. The van der Waals surface area contributed by atoms with Gasteiger partial charge in [0.05, 0.1) is 22.8 Å². The van der Waals surface area contributed by atoms with E-state index in [1.54, 1.807) is 0 Å². The highest BCUT2D eigenvalue weighted by atomic mass is 16.1. The average Bonchev–Trinajstić information content (AvgIpc) is 4.36. The van der Waals surface area contributed by atoms with Gasteiger partial charge >= 0.3 is 0 Å². The Hall–Kier alpha value is -9.13. The van der Waals surface area contributed by atoms with E-state index < -0.39 is 0 Å². The lowest BCUT2D eigenvalue weighted by molar-refractivity contribution is 0.112. The van der Waals surface area contributed by atoms with Gasteiger partial charge in [-0.15, -0.1) is 0 Å². The van der Waals surface area contributed by atoms with Gasteiger partial charge in [-0.1, -0.05) is 182 Å². The fourth-order valence-electron chi connectivity index (χ4n) is 10.9. The highest BCUT2D eigenvalue weighted by molar-refractivity contribution is 6.00. The lowest BCUT2D eigenvalue weighted by Gasteiger charge is -2.09. The smallest absolute Gasteiger partial charge is 0.150 e. The number of hydrogen-bond acceptors (Lipinski definition) is 3. The molecule has 0 radical (unpaired) electrons. The molecule has 2 aliphatic rings. The summed E-state index contributed by atoms with van der Waals surface area (Å²) in [6.45, 7) is 13.0. The third-order valence-corrected chi connectivity index (χ3v) is 14.5. The molecule has 4 aromatic heterocycles. The second-order valence-corrected chi connectivity index (χ2v) is 20.9. The molecular formula is C73H69N5O. The van der Waals surface area contributed by atoms with Crippen molar-refractivity contribution in [3.8, 4) is 44.5 Å². The quantitative estimate of drug-likeness (QED) is 0.107. The Morgan fingerprint density at radius 1 is 0.367 bits per heavy atom. The summed E-state index contributed by atoms with van der Waals surface area (Å²) in [5.41, 5.74) is 27.5. The molecule has 0 amide bonds. The molecule has 0 saturated heterocycles. The molecule has 10 aromatic rings. The van der Waals surface area contributed by atoms with Crippen LogP contribution in [-0.4, -0.2) is 31.2 Å². The number of nitrogens with one attached hydrogen (secondary N) is 3. The van der Waals surface area contributed by atoms with Gasteiger partial charge in [0.25, 0.3) is 0 Å². The summed E-state index contributed by atoms with van der Waals surface area (Å²) < 4.78 is 0. The Morgan fingerprint density at radius 3 is 1.03 bits per heavy atom. The number of aromatic nitrogens is 5. The summed E-state index contributed by atoms with van der Waals surface area (Å²) >= 11 is 0. The minimum atomic E-state index is 0.768. The molecule has 0 spiro atoms. The van der Waals surface area contributed by atoms with Crippen molar-refractivity contribution in [2.75, 3.05) is 0 Å². The molecule has 2 aliphatic heterocycles. The van der Waals surface area contributed by atoms with E-state index in [-0.39, 0.29) is 0 Å². The van der Waals surface area contributed by atoms with Crippen molar-refractivity contribution in [2.24, 2.45) is 0 Å². The van der Waals surface area contributed by atoms with Gasteiger partial charge in [-0.25, -0.2) is 9.97 Å². The van der Waals surface area contributed by atoms with E-state index in [9.17, 15) is 4.79 Å². The molecular weight excluding hydrogens is 963 g/mol. The van der Waals surface area contributed by atoms with Crippen molar-refractivity contribution in [2.45, 2.75) is 80.1 Å². The summed E-state index contributed by atoms with van der Waals surface area (Å²) in [6.07, 6.45) is 20.0. The molecule has 8 bridgehead atoms. The van der Waals surface area contributed by atoms with E-state index >= 15 is 0 Å². The number of aromatic amines is 3. The van der Waals surface area contributed by atoms with E-state index in [4.69, 9.17) is 9.97 Å². The Balaban J connectivity index is 0.000000215. The average molecular weight is 1030 g/mol. The van der Waals surface area contributed by atoms with Crippen LogP contribution in [0.5, 0.6) is 0 Å². The number of carbonyl (C=O) groups excluding carboxylic acids is 1. The van der Waals surface area contributed by atoms with Crippen LogP contribution in [-0.2, 0) is 25.7 Å². The van der Waals surface area contributed by atoms with Crippen LogP contribution in [0.1, 0.15) is 104 Å². The van der Waals surface area contributed by atoms with Crippen molar-refractivity contribution in [3.63, 3.8) is 0 Å². The molecule has 0 atom stereocenters. The molecule has 0 aliphatic carbocycles. The van der Waals surface area contributed by atoms with Gasteiger partial charge in [0, 0.05) is 62.3 Å². The van der Waals surface area contributed by atoms with Crippen molar-refractivity contribution in [3.05, 3.63) is 261 Å². The maximum absolute atomic E-state index is 10.9. The first-order valence-electron chi connectivity index (χ1n) is 27.8. The number of H-pyrrole nitrogens is 3. The maximum atomic E-state index is 10.9. The van der Waals surface area contributed by atoms with E-state index in [0.29, 0.717) is 0 Å². The molecule has 0 unspecified atom stereocenters. The van der Waals surface area contributed by atoms with Crippen LogP contribution in [0.2, 0.25) is 0 Å². The van der Waals surface area contributed by atoms with Crippen LogP contribution in [0.15, 0.2) is 188 Å². The number of hydrogen-bond donors (Lipinski definition) is 3. The summed E-state index contributed by atoms with van der Waals surface area (Å²) in [5.74, 6) is 0. The third-order valence-electron chi connectivity index (χ3n) is 14.5. The highest BCUT2D eigenvalue weighted by Gasteiger charge is 2.19. The summed E-state index contributed by atoms with van der Waals surface area (Å²) in [6, 6.07) is 62.3. The zero-order chi connectivity index (χ0) is 54.7. The van der Waals surface area contributed by atoms with Crippen LogP contribution >= 0.6 is 0 Å². The number of carbonyl (C=O) groups is 1. The minimum absolute atomic E-state index is 0.768. The maximum Gasteiger partial charge on any atom is 0.150 e. The Bertz CT molecular complexity index is 3600. The summed E-state index contributed by atoms with van der Waals surface area (Å²) in [7, 11) is 0. The normalized spacial score (nSPS) is 11.4. The number of aryl methyl sites for hydroxylation is 8. The van der Waals surface area contributed by atoms with Crippen molar-refractivity contribution in [1.82, 2.24) is 24.9 Å².